The molecule has 3 aromatic carbocycles. The zero-order chi connectivity index (χ0) is 28.2. The van der Waals surface area contributed by atoms with Crippen LogP contribution in [0.15, 0.2) is 84.2 Å². The number of aromatic hydroxyl groups is 1. The van der Waals surface area contributed by atoms with Crippen LogP contribution in [0.2, 0.25) is 0 Å². The molecule has 206 valence electrons. The molecule has 0 atom stereocenters. The van der Waals surface area contributed by atoms with E-state index in [0.717, 1.165) is 29.8 Å². The van der Waals surface area contributed by atoms with Crippen molar-refractivity contribution in [1.82, 2.24) is 19.9 Å². The second kappa shape index (κ2) is 11.6. The van der Waals surface area contributed by atoms with Gasteiger partial charge in [0.05, 0.1) is 40.1 Å². The molecule has 0 aliphatic carbocycles. The Balaban J connectivity index is 1.37. The first-order valence-corrected chi connectivity index (χ1v) is 13.7. The molecule has 1 fully saturated rings. The number of benzene rings is 3. The van der Waals surface area contributed by atoms with Gasteiger partial charge < -0.3 is 20.0 Å². The molecule has 9 heteroatoms. The van der Waals surface area contributed by atoms with Crippen LogP contribution in [0.4, 0.5) is 11.4 Å². The highest BCUT2D eigenvalue weighted by Crippen LogP contribution is 2.34. The van der Waals surface area contributed by atoms with E-state index in [4.69, 9.17) is 4.99 Å². The van der Waals surface area contributed by atoms with Crippen molar-refractivity contribution in [2.45, 2.75) is 19.3 Å². The second-order valence-corrected chi connectivity index (χ2v) is 10.2. The molecule has 3 N–H and O–H groups in total. The van der Waals surface area contributed by atoms with Gasteiger partial charge in [-0.25, -0.2) is 9.98 Å². The molecule has 1 aliphatic rings. The van der Waals surface area contributed by atoms with Gasteiger partial charge in [0, 0.05) is 35.1 Å². The van der Waals surface area contributed by atoms with Crippen LogP contribution < -0.4 is 0 Å². The normalized spacial score (nSPS) is 14.4. The first-order valence-electron chi connectivity index (χ1n) is 13.7. The number of non-ortho nitro benzene ring substituents is 1. The number of nitro groups is 1. The van der Waals surface area contributed by atoms with Gasteiger partial charge in [-0.15, -0.1) is 0 Å². The molecule has 2 aromatic heterocycles. The lowest BCUT2D eigenvalue weighted by atomic mass is 9.98. The Morgan fingerprint density at radius 2 is 1.83 bits per heavy atom. The number of likely N-dealkylation sites (tertiary alicyclic amines) is 1. The van der Waals surface area contributed by atoms with Gasteiger partial charge in [0.2, 0.25) is 0 Å². The quantitative estimate of drug-likeness (QED) is 0.111. The fourth-order valence-electron chi connectivity index (χ4n) is 5.24. The number of aliphatic imine (C=N–C) groups is 1. The largest absolute Gasteiger partial charge is 0.494 e. The molecule has 1 saturated heterocycles. The van der Waals surface area contributed by atoms with Crippen molar-refractivity contribution in [3.8, 4) is 5.88 Å². The number of aromatic amines is 2. The summed E-state index contributed by atoms with van der Waals surface area (Å²) in [5.41, 5.74) is 6.12. The highest BCUT2D eigenvalue weighted by molar-refractivity contribution is 6.22. The lowest BCUT2D eigenvalue weighted by molar-refractivity contribution is -0.384. The first kappa shape index (κ1) is 26.2. The average molecular weight is 547 g/mol. The minimum absolute atomic E-state index is 0.0530. The maximum absolute atomic E-state index is 11.5. The topological polar surface area (TPSA) is 123 Å². The van der Waals surface area contributed by atoms with Crippen LogP contribution in [0.1, 0.15) is 40.8 Å². The fourth-order valence-corrected chi connectivity index (χ4v) is 5.24. The summed E-state index contributed by atoms with van der Waals surface area (Å²) >= 11 is 0. The van der Waals surface area contributed by atoms with Crippen LogP contribution in [0.25, 0.3) is 23.1 Å². The van der Waals surface area contributed by atoms with Crippen molar-refractivity contribution in [2.75, 3.05) is 19.6 Å². The monoisotopic (exact) mass is 546 g/mol. The Bertz CT molecular complexity index is 1710. The summed E-state index contributed by atoms with van der Waals surface area (Å²) in [6.45, 7) is 3.37. The highest BCUT2D eigenvalue weighted by atomic mass is 16.6. The van der Waals surface area contributed by atoms with E-state index in [1.807, 2.05) is 48.6 Å². The number of rotatable bonds is 9. The summed E-state index contributed by atoms with van der Waals surface area (Å²) in [4.78, 5) is 28.6. The number of H-pyrrole nitrogens is 2. The van der Waals surface area contributed by atoms with Crippen molar-refractivity contribution >= 4 is 40.1 Å². The molecule has 5 aromatic rings. The Hall–Kier alpha value is -5.02. The van der Waals surface area contributed by atoms with E-state index in [1.165, 1.54) is 43.6 Å². The van der Waals surface area contributed by atoms with E-state index in [0.29, 0.717) is 27.9 Å². The maximum atomic E-state index is 11.5. The standard InChI is InChI=1S/C32H30N6O3/c39-32-30(28-19-27(38(40)41)13-14-29(28)36-32)31(24-8-3-23(4-9-24)15-18-37-16-1-2-17-37)35-25-10-5-22(6-11-25)7-12-26-20-33-21-34-26/h3-14,19-21,36,39H,1-2,15-18H2,(H,33,34)/b12-7+,35-31?. The van der Waals surface area contributed by atoms with Crippen LogP contribution >= 0.6 is 0 Å². The third-order valence-electron chi connectivity index (χ3n) is 7.46. The summed E-state index contributed by atoms with van der Waals surface area (Å²) in [5.74, 6) is -0.0866. The van der Waals surface area contributed by atoms with Crippen molar-refractivity contribution in [3.63, 3.8) is 0 Å². The molecule has 0 unspecified atom stereocenters. The molecule has 9 nitrogen and oxygen atoms in total. The number of hydrogen-bond donors (Lipinski definition) is 3. The van der Waals surface area contributed by atoms with Gasteiger partial charge in [0.1, 0.15) is 0 Å². The van der Waals surface area contributed by atoms with E-state index >= 15 is 0 Å². The van der Waals surface area contributed by atoms with Crippen LogP contribution in [0.3, 0.4) is 0 Å². The first-order chi connectivity index (χ1) is 20.0. The predicted molar refractivity (Wildman–Crippen MR) is 162 cm³/mol. The van der Waals surface area contributed by atoms with E-state index in [1.54, 1.807) is 18.6 Å². The lowest BCUT2D eigenvalue weighted by Crippen LogP contribution is -2.21. The summed E-state index contributed by atoms with van der Waals surface area (Å²) in [7, 11) is 0. The molecule has 0 bridgehead atoms. The SMILES string of the molecule is O=[N+]([O-])c1ccc2[nH]c(O)c(C(=Nc3ccc(/C=C/c4cnc[nH]4)cc3)c3ccc(CCN4CCCC4)cc3)c2c1. The van der Waals surface area contributed by atoms with E-state index in [9.17, 15) is 15.2 Å². The zero-order valence-electron chi connectivity index (χ0n) is 22.5. The number of aromatic nitrogens is 3. The van der Waals surface area contributed by atoms with Gasteiger partial charge >= 0.3 is 0 Å². The number of nitrogens with one attached hydrogen (secondary N) is 2. The van der Waals surface area contributed by atoms with Crippen LogP contribution in [0, 0.1) is 10.1 Å². The second-order valence-electron chi connectivity index (χ2n) is 10.2. The highest BCUT2D eigenvalue weighted by Gasteiger charge is 2.21. The third kappa shape index (κ3) is 5.95. The maximum Gasteiger partial charge on any atom is 0.270 e. The molecular formula is C32H30N6O3. The summed E-state index contributed by atoms with van der Waals surface area (Å²) in [5, 5.41) is 23.1. The number of fused-ring (bicyclic) bond motifs is 1. The fraction of sp³-hybridized carbons (Fsp3) is 0.188. The van der Waals surface area contributed by atoms with Gasteiger partial charge in [-0.1, -0.05) is 42.5 Å². The molecule has 3 heterocycles. The predicted octanol–water partition coefficient (Wildman–Crippen LogP) is 6.48. The van der Waals surface area contributed by atoms with Gasteiger partial charge in [-0.05, 0) is 67.8 Å². The van der Waals surface area contributed by atoms with Crippen molar-refractivity contribution in [3.05, 3.63) is 117 Å². The molecule has 41 heavy (non-hydrogen) atoms. The Morgan fingerprint density at radius 1 is 1.05 bits per heavy atom. The van der Waals surface area contributed by atoms with Gasteiger partial charge in [-0.3, -0.25) is 10.1 Å². The Morgan fingerprint density at radius 3 is 2.54 bits per heavy atom. The zero-order valence-corrected chi connectivity index (χ0v) is 22.5. The Kier molecular flexibility index (Phi) is 7.42. The van der Waals surface area contributed by atoms with Gasteiger partial charge in [0.25, 0.3) is 5.69 Å². The smallest absolute Gasteiger partial charge is 0.270 e. The van der Waals surface area contributed by atoms with Crippen LogP contribution in [0.5, 0.6) is 5.88 Å². The van der Waals surface area contributed by atoms with Crippen molar-refractivity contribution < 1.29 is 10.0 Å². The van der Waals surface area contributed by atoms with Crippen LogP contribution in [-0.2, 0) is 6.42 Å². The minimum atomic E-state index is -0.436. The molecule has 0 amide bonds. The van der Waals surface area contributed by atoms with E-state index < -0.39 is 4.92 Å². The lowest BCUT2D eigenvalue weighted by Gasteiger charge is -2.14. The number of nitro benzene ring substituents is 1. The molecule has 0 radical (unpaired) electrons. The Labute approximate surface area is 237 Å². The third-order valence-corrected chi connectivity index (χ3v) is 7.46. The van der Waals surface area contributed by atoms with Crippen LogP contribution in [-0.4, -0.2) is 55.2 Å². The van der Waals surface area contributed by atoms with E-state index in [-0.39, 0.29) is 11.6 Å². The number of imidazole rings is 1. The van der Waals surface area contributed by atoms with E-state index in [2.05, 4.69) is 32.0 Å². The summed E-state index contributed by atoms with van der Waals surface area (Å²) in [6, 6.07) is 20.5. The summed E-state index contributed by atoms with van der Waals surface area (Å²) in [6.07, 6.45) is 10.8. The summed E-state index contributed by atoms with van der Waals surface area (Å²) < 4.78 is 0. The average Bonchev–Trinajstić information content (AvgIpc) is 3.76. The molecule has 0 spiro atoms. The number of nitrogens with zero attached hydrogens (tertiary/aromatic N) is 4. The van der Waals surface area contributed by atoms with Crippen molar-refractivity contribution in [2.24, 2.45) is 4.99 Å². The van der Waals surface area contributed by atoms with Gasteiger partial charge in [-0.2, -0.15) is 0 Å². The molecular weight excluding hydrogens is 516 g/mol. The molecule has 6 rings (SSSR count). The minimum Gasteiger partial charge on any atom is -0.494 e. The number of hydrogen-bond acceptors (Lipinski definition) is 6. The van der Waals surface area contributed by atoms with Gasteiger partial charge in [0.15, 0.2) is 5.88 Å². The van der Waals surface area contributed by atoms with Crippen molar-refractivity contribution in [1.29, 1.82) is 0 Å². The molecule has 0 saturated carbocycles. The molecule has 1 aliphatic heterocycles.